The van der Waals surface area contributed by atoms with Crippen molar-refractivity contribution in [2.24, 2.45) is 5.73 Å². The first-order valence-electron chi connectivity index (χ1n) is 5.60. The minimum absolute atomic E-state index is 0.218. The number of halogens is 1. The Hall–Kier alpha value is -1.26. The highest BCUT2D eigenvalue weighted by atomic mass is 32.1. The van der Waals surface area contributed by atoms with E-state index in [1.807, 2.05) is 19.9 Å². The summed E-state index contributed by atoms with van der Waals surface area (Å²) in [7, 11) is 0. The van der Waals surface area contributed by atoms with E-state index in [1.54, 1.807) is 6.07 Å². The lowest BCUT2D eigenvalue weighted by Gasteiger charge is -1.99. The molecule has 0 saturated heterocycles. The number of hydrogen-bond donors (Lipinski definition) is 1. The summed E-state index contributed by atoms with van der Waals surface area (Å²) in [6, 6.07) is 5.21. The first-order valence-corrected chi connectivity index (χ1v) is 6.42. The normalized spacial score (nSPS) is 10.8. The predicted molar refractivity (Wildman–Crippen MR) is 69.5 cm³/mol. The van der Waals surface area contributed by atoms with Gasteiger partial charge in [-0.15, -0.1) is 11.3 Å². The van der Waals surface area contributed by atoms with Crippen molar-refractivity contribution in [2.75, 3.05) is 0 Å². The maximum Gasteiger partial charge on any atom is 0.133 e. The van der Waals surface area contributed by atoms with Crippen LogP contribution in [0.25, 0.3) is 10.6 Å². The van der Waals surface area contributed by atoms with Crippen LogP contribution < -0.4 is 5.73 Å². The number of aryl methyl sites for hydroxylation is 2. The molecule has 0 aliphatic rings. The molecule has 1 aromatic heterocycles. The van der Waals surface area contributed by atoms with Gasteiger partial charge in [-0.25, -0.2) is 9.37 Å². The molecule has 2 rings (SSSR count). The first-order chi connectivity index (χ1) is 8.15. The zero-order chi connectivity index (χ0) is 12.4. The van der Waals surface area contributed by atoms with Crippen LogP contribution in [0.3, 0.4) is 0 Å². The molecule has 1 aromatic carbocycles. The second kappa shape index (κ2) is 4.94. The average Bonchev–Trinajstić information content (AvgIpc) is 2.72. The molecule has 0 radical (unpaired) electrons. The van der Waals surface area contributed by atoms with Crippen LogP contribution in [-0.2, 0) is 13.0 Å². The van der Waals surface area contributed by atoms with E-state index < -0.39 is 0 Å². The highest BCUT2D eigenvalue weighted by Gasteiger charge is 2.13. The van der Waals surface area contributed by atoms with Crippen LogP contribution in [0, 0.1) is 12.7 Å². The van der Waals surface area contributed by atoms with Crippen molar-refractivity contribution in [1.82, 2.24) is 4.98 Å². The monoisotopic (exact) mass is 250 g/mol. The van der Waals surface area contributed by atoms with Gasteiger partial charge in [0, 0.05) is 17.0 Å². The van der Waals surface area contributed by atoms with Crippen molar-refractivity contribution in [2.45, 2.75) is 26.8 Å². The lowest BCUT2D eigenvalue weighted by atomic mass is 10.1. The molecule has 2 N–H and O–H groups in total. The third-order valence-corrected chi connectivity index (χ3v) is 3.81. The lowest BCUT2D eigenvalue weighted by molar-refractivity contribution is 0.630. The van der Waals surface area contributed by atoms with E-state index in [0.29, 0.717) is 12.1 Å². The molecule has 4 heteroatoms. The van der Waals surface area contributed by atoms with E-state index in [4.69, 9.17) is 5.73 Å². The van der Waals surface area contributed by atoms with Crippen molar-refractivity contribution in [3.63, 3.8) is 0 Å². The smallest absolute Gasteiger partial charge is 0.133 e. The SMILES string of the molecule is CCc1nc(-c2ccc(C)cc2F)sc1CN. The largest absolute Gasteiger partial charge is 0.326 e. The summed E-state index contributed by atoms with van der Waals surface area (Å²) in [5, 5.41) is 0.722. The quantitative estimate of drug-likeness (QED) is 0.908. The molecular formula is C13H15FN2S. The standard InChI is InChI=1S/C13H15FN2S/c1-3-11-12(7-15)17-13(16-11)9-5-4-8(2)6-10(9)14/h4-6H,3,7,15H2,1-2H3. The number of hydrogen-bond acceptors (Lipinski definition) is 3. The van der Waals surface area contributed by atoms with Crippen molar-refractivity contribution < 1.29 is 4.39 Å². The van der Waals surface area contributed by atoms with E-state index in [-0.39, 0.29) is 5.82 Å². The van der Waals surface area contributed by atoms with Crippen molar-refractivity contribution >= 4 is 11.3 Å². The molecule has 1 heterocycles. The fourth-order valence-electron chi connectivity index (χ4n) is 1.73. The Morgan fingerprint density at radius 1 is 1.41 bits per heavy atom. The summed E-state index contributed by atoms with van der Waals surface area (Å²) in [4.78, 5) is 5.50. The molecule has 0 aliphatic heterocycles. The van der Waals surface area contributed by atoms with E-state index >= 15 is 0 Å². The number of aromatic nitrogens is 1. The summed E-state index contributed by atoms with van der Waals surface area (Å²) >= 11 is 1.48. The van der Waals surface area contributed by atoms with Crippen LogP contribution in [0.1, 0.15) is 23.1 Å². The predicted octanol–water partition coefficient (Wildman–Crippen LogP) is 3.28. The van der Waals surface area contributed by atoms with Crippen molar-refractivity contribution in [3.8, 4) is 10.6 Å². The number of nitrogens with zero attached hydrogens (tertiary/aromatic N) is 1. The maximum absolute atomic E-state index is 13.8. The Labute approximate surface area is 104 Å². The van der Waals surface area contributed by atoms with Crippen molar-refractivity contribution in [1.29, 1.82) is 0 Å². The molecule has 90 valence electrons. The van der Waals surface area contributed by atoms with Gasteiger partial charge in [0.15, 0.2) is 0 Å². The van der Waals surface area contributed by atoms with E-state index in [2.05, 4.69) is 4.98 Å². The summed E-state index contributed by atoms with van der Waals surface area (Å²) in [6.45, 7) is 4.37. The molecular weight excluding hydrogens is 235 g/mol. The van der Waals surface area contributed by atoms with Gasteiger partial charge >= 0.3 is 0 Å². The fraction of sp³-hybridized carbons (Fsp3) is 0.308. The highest BCUT2D eigenvalue weighted by molar-refractivity contribution is 7.15. The summed E-state index contributed by atoms with van der Waals surface area (Å²) in [6.07, 6.45) is 0.830. The second-order valence-electron chi connectivity index (χ2n) is 3.93. The van der Waals surface area contributed by atoms with Gasteiger partial charge in [0.05, 0.1) is 5.69 Å². The van der Waals surface area contributed by atoms with Crippen molar-refractivity contribution in [3.05, 3.63) is 40.2 Å². The topological polar surface area (TPSA) is 38.9 Å². The van der Waals surface area contributed by atoms with Gasteiger partial charge in [-0.1, -0.05) is 13.0 Å². The van der Waals surface area contributed by atoms with Gasteiger partial charge in [-0.05, 0) is 31.0 Å². The van der Waals surface area contributed by atoms with Crippen LogP contribution in [0.5, 0.6) is 0 Å². The molecule has 0 fully saturated rings. The second-order valence-corrected chi connectivity index (χ2v) is 5.01. The van der Waals surface area contributed by atoms with Crippen LogP contribution in [0.15, 0.2) is 18.2 Å². The summed E-state index contributed by atoms with van der Waals surface area (Å²) in [5.74, 6) is -0.218. The molecule has 0 unspecified atom stereocenters. The minimum Gasteiger partial charge on any atom is -0.326 e. The van der Waals surface area contributed by atoms with Crippen LogP contribution in [0.4, 0.5) is 4.39 Å². The Morgan fingerprint density at radius 3 is 2.71 bits per heavy atom. The molecule has 0 saturated carbocycles. The highest BCUT2D eigenvalue weighted by Crippen LogP contribution is 2.30. The molecule has 0 spiro atoms. The molecule has 0 aliphatic carbocycles. The lowest BCUT2D eigenvalue weighted by Crippen LogP contribution is -1.96. The third kappa shape index (κ3) is 2.37. The van der Waals surface area contributed by atoms with Crippen LogP contribution >= 0.6 is 11.3 Å². The molecule has 2 aromatic rings. The third-order valence-electron chi connectivity index (χ3n) is 2.65. The zero-order valence-corrected chi connectivity index (χ0v) is 10.8. The van der Waals surface area contributed by atoms with Gasteiger partial charge in [-0.3, -0.25) is 0 Å². The first kappa shape index (κ1) is 12.2. The molecule has 0 atom stereocenters. The Balaban J connectivity index is 2.49. The molecule has 0 bridgehead atoms. The van der Waals surface area contributed by atoms with E-state index in [9.17, 15) is 4.39 Å². The Bertz CT molecular complexity index is 513. The van der Waals surface area contributed by atoms with Gasteiger partial charge in [0.1, 0.15) is 10.8 Å². The summed E-state index contributed by atoms with van der Waals surface area (Å²) < 4.78 is 13.8. The van der Waals surface area contributed by atoms with Gasteiger partial charge in [0.25, 0.3) is 0 Å². The Morgan fingerprint density at radius 2 is 2.18 bits per heavy atom. The van der Waals surface area contributed by atoms with Crippen LogP contribution in [-0.4, -0.2) is 4.98 Å². The Kier molecular flexibility index (Phi) is 3.54. The number of thiazole rings is 1. The number of rotatable bonds is 3. The summed E-state index contributed by atoms with van der Waals surface area (Å²) in [5.41, 5.74) is 8.11. The molecule has 0 amide bonds. The van der Waals surface area contributed by atoms with Gasteiger partial charge in [0.2, 0.25) is 0 Å². The van der Waals surface area contributed by atoms with E-state index in [0.717, 1.165) is 27.6 Å². The molecule has 2 nitrogen and oxygen atoms in total. The minimum atomic E-state index is -0.218. The average molecular weight is 250 g/mol. The van der Waals surface area contributed by atoms with E-state index in [1.165, 1.54) is 17.4 Å². The maximum atomic E-state index is 13.8. The number of nitrogens with two attached hydrogens (primary N) is 1. The van der Waals surface area contributed by atoms with Crippen LogP contribution in [0.2, 0.25) is 0 Å². The molecule has 17 heavy (non-hydrogen) atoms. The van der Waals surface area contributed by atoms with Gasteiger partial charge < -0.3 is 5.73 Å². The number of benzene rings is 1. The fourth-order valence-corrected chi connectivity index (χ4v) is 2.78. The zero-order valence-electron chi connectivity index (χ0n) is 9.96. The van der Waals surface area contributed by atoms with Gasteiger partial charge in [-0.2, -0.15) is 0 Å².